The van der Waals surface area contributed by atoms with Gasteiger partial charge in [0.25, 0.3) is 6.29 Å². The Balaban J connectivity index is 3.11. The lowest BCUT2D eigenvalue weighted by Crippen LogP contribution is -2.64. The highest BCUT2D eigenvalue weighted by atomic mass is 79.9. The molecule has 0 aliphatic heterocycles. The van der Waals surface area contributed by atoms with Gasteiger partial charge in [0.05, 0.1) is 24.3 Å². The van der Waals surface area contributed by atoms with Crippen molar-refractivity contribution in [3.63, 3.8) is 0 Å². The van der Waals surface area contributed by atoms with E-state index < -0.39 is 47.3 Å². The summed E-state index contributed by atoms with van der Waals surface area (Å²) in [5, 5.41) is 33.6. The topological polar surface area (TPSA) is 170 Å². The average Bonchev–Trinajstić information content (AvgIpc) is 2.71. The van der Waals surface area contributed by atoms with Crippen LogP contribution in [0.4, 0.5) is 4.79 Å². The molecule has 1 rings (SSSR count). The van der Waals surface area contributed by atoms with E-state index in [1.165, 1.54) is 20.3 Å². The highest BCUT2D eigenvalue weighted by molar-refractivity contribution is 9.10. The standard InChI is InChI=1S/C20H30BBrN2O9/c1-9(2)15(23)16(25)32-17(10(3)4)33-18(26)24-20(21,29)19(27,28)11-7-14(31-6)12(22)8-13(11)30-5/h7-10,15,17,27-29H,23H2,1-6H3,(H,24,26). The average molecular weight is 533 g/mol. The van der Waals surface area contributed by atoms with Crippen LogP contribution in [0.3, 0.4) is 0 Å². The van der Waals surface area contributed by atoms with E-state index in [-0.39, 0.29) is 17.4 Å². The summed E-state index contributed by atoms with van der Waals surface area (Å²) < 4.78 is 20.8. The van der Waals surface area contributed by atoms with E-state index in [1.807, 2.05) is 0 Å². The summed E-state index contributed by atoms with van der Waals surface area (Å²) in [6.45, 7) is 6.63. The van der Waals surface area contributed by atoms with Gasteiger partial charge in [-0.2, -0.15) is 0 Å². The second-order valence-electron chi connectivity index (χ2n) is 7.98. The van der Waals surface area contributed by atoms with Gasteiger partial charge >= 0.3 is 12.1 Å². The van der Waals surface area contributed by atoms with Crippen LogP contribution >= 0.6 is 15.9 Å². The zero-order valence-corrected chi connectivity index (χ0v) is 20.9. The van der Waals surface area contributed by atoms with Crippen molar-refractivity contribution in [3.8, 4) is 11.5 Å². The molecule has 0 bridgehead atoms. The summed E-state index contributed by atoms with van der Waals surface area (Å²) in [4.78, 5) is 24.5. The number of halogens is 1. The van der Waals surface area contributed by atoms with E-state index in [0.717, 1.165) is 6.07 Å². The zero-order chi connectivity index (χ0) is 25.7. The minimum absolute atomic E-state index is 0.0941. The van der Waals surface area contributed by atoms with Gasteiger partial charge in [0.2, 0.25) is 5.79 Å². The SMILES string of the molecule is [B]C(O)(NC(=O)OC(OC(=O)C(N)C(C)C)C(C)C)C(O)(O)c1cc(OC)c(Br)cc1OC. The third-order valence-electron chi connectivity index (χ3n) is 4.66. The van der Waals surface area contributed by atoms with Gasteiger partial charge in [0, 0.05) is 5.92 Å². The molecule has 1 aromatic carbocycles. The van der Waals surface area contributed by atoms with Crippen LogP contribution in [0.25, 0.3) is 0 Å². The first-order valence-corrected chi connectivity index (χ1v) is 10.7. The molecule has 0 heterocycles. The van der Waals surface area contributed by atoms with Crippen LogP contribution in [0.1, 0.15) is 33.3 Å². The molecule has 0 saturated carbocycles. The maximum absolute atomic E-state index is 12.4. The monoisotopic (exact) mass is 532 g/mol. The first-order chi connectivity index (χ1) is 15.1. The number of ether oxygens (including phenoxy) is 4. The number of methoxy groups -OCH3 is 2. The van der Waals surface area contributed by atoms with Crippen LogP contribution in [-0.2, 0) is 20.1 Å². The molecule has 11 nitrogen and oxygen atoms in total. The zero-order valence-electron chi connectivity index (χ0n) is 19.3. The number of benzene rings is 1. The lowest BCUT2D eigenvalue weighted by Gasteiger charge is -2.39. The Morgan fingerprint density at radius 3 is 2.03 bits per heavy atom. The number of hydrogen-bond donors (Lipinski definition) is 5. The normalized spacial score (nSPS) is 15.4. The molecule has 1 aromatic rings. The summed E-state index contributed by atoms with van der Waals surface area (Å²) in [5.41, 5.74) is 2.13. The molecule has 3 atom stereocenters. The quantitative estimate of drug-likeness (QED) is 0.164. The van der Waals surface area contributed by atoms with Crippen LogP contribution in [0.15, 0.2) is 16.6 Å². The van der Waals surface area contributed by atoms with Crippen molar-refractivity contribution in [1.29, 1.82) is 0 Å². The molecule has 0 aromatic heterocycles. The van der Waals surface area contributed by atoms with Crippen molar-refractivity contribution in [1.82, 2.24) is 5.32 Å². The number of carbonyl (C=O) groups excluding carboxylic acids is 2. The summed E-state index contributed by atoms with van der Waals surface area (Å²) >= 11 is 3.22. The minimum Gasteiger partial charge on any atom is -0.496 e. The molecule has 6 N–H and O–H groups in total. The third kappa shape index (κ3) is 6.96. The van der Waals surface area contributed by atoms with E-state index >= 15 is 0 Å². The molecule has 0 saturated heterocycles. The Kier molecular flexibility index (Phi) is 10.00. The predicted molar refractivity (Wildman–Crippen MR) is 121 cm³/mol. The number of hydrogen-bond acceptors (Lipinski definition) is 10. The Morgan fingerprint density at radius 2 is 1.58 bits per heavy atom. The molecule has 0 aliphatic carbocycles. The van der Waals surface area contributed by atoms with Crippen molar-refractivity contribution in [3.05, 3.63) is 22.2 Å². The lowest BCUT2D eigenvalue weighted by molar-refractivity contribution is -0.261. The molecule has 33 heavy (non-hydrogen) atoms. The summed E-state index contributed by atoms with van der Waals surface area (Å²) in [6, 6.07) is 1.53. The smallest absolute Gasteiger partial charge is 0.412 e. The summed E-state index contributed by atoms with van der Waals surface area (Å²) in [7, 11) is 8.20. The fourth-order valence-corrected chi connectivity index (χ4v) is 2.96. The Morgan fingerprint density at radius 1 is 1.03 bits per heavy atom. The van der Waals surface area contributed by atoms with Gasteiger partial charge in [0.15, 0.2) is 7.85 Å². The van der Waals surface area contributed by atoms with E-state index in [1.54, 1.807) is 33.0 Å². The number of esters is 1. The van der Waals surface area contributed by atoms with E-state index in [4.69, 9.17) is 32.5 Å². The first kappa shape index (κ1) is 29.0. The fourth-order valence-electron chi connectivity index (χ4n) is 2.48. The second kappa shape index (κ2) is 11.4. The van der Waals surface area contributed by atoms with Gasteiger partial charge in [-0.15, -0.1) is 0 Å². The lowest BCUT2D eigenvalue weighted by atomic mass is 9.79. The van der Waals surface area contributed by atoms with Crippen LogP contribution in [0.5, 0.6) is 11.5 Å². The second-order valence-corrected chi connectivity index (χ2v) is 8.83. The molecular formula is C20H30BBrN2O9. The number of aliphatic hydroxyl groups is 3. The largest absolute Gasteiger partial charge is 0.496 e. The molecule has 13 heteroatoms. The Bertz CT molecular complexity index is 849. The molecular weight excluding hydrogens is 503 g/mol. The molecule has 184 valence electrons. The highest BCUT2D eigenvalue weighted by Crippen LogP contribution is 2.40. The van der Waals surface area contributed by atoms with Gasteiger partial charge in [-0.1, -0.05) is 27.7 Å². The Labute approximate surface area is 202 Å². The molecule has 3 unspecified atom stereocenters. The molecule has 0 spiro atoms. The number of nitrogens with two attached hydrogens (primary N) is 1. The van der Waals surface area contributed by atoms with Crippen molar-refractivity contribution in [2.75, 3.05) is 14.2 Å². The highest BCUT2D eigenvalue weighted by Gasteiger charge is 2.49. The van der Waals surface area contributed by atoms with E-state index in [2.05, 4.69) is 15.9 Å². The van der Waals surface area contributed by atoms with Crippen LogP contribution in [0, 0.1) is 11.8 Å². The maximum atomic E-state index is 12.4. The van der Waals surface area contributed by atoms with Crippen molar-refractivity contribution in [2.24, 2.45) is 17.6 Å². The van der Waals surface area contributed by atoms with Gasteiger partial charge in [0.1, 0.15) is 23.2 Å². The van der Waals surface area contributed by atoms with E-state index in [9.17, 15) is 24.9 Å². The van der Waals surface area contributed by atoms with Crippen molar-refractivity contribution < 1.29 is 43.9 Å². The Hall–Kier alpha value is -2.06. The number of carbonyl (C=O) groups is 2. The first-order valence-electron chi connectivity index (χ1n) is 9.91. The van der Waals surface area contributed by atoms with Crippen LogP contribution in [0.2, 0.25) is 0 Å². The fraction of sp³-hybridized carbons (Fsp3) is 0.600. The van der Waals surface area contributed by atoms with Crippen LogP contribution < -0.4 is 20.5 Å². The van der Waals surface area contributed by atoms with Crippen LogP contribution in [-0.4, -0.2) is 67.4 Å². The summed E-state index contributed by atoms with van der Waals surface area (Å²) in [6.07, 6.45) is -2.80. The number of rotatable bonds is 10. The molecule has 0 aliphatic rings. The minimum atomic E-state index is -3.28. The van der Waals surface area contributed by atoms with Crippen molar-refractivity contribution >= 4 is 35.8 Å². The maximum Gasteiger partial charge on any atom is 0.412 e. The van der Waals surface area contributed by atoms with Gasteiger partial charge in [-0.3, -0.25) is 10.1 Å². The van der Waals surface area contributed by atoms with Crippen molar-refractivity contribution in [2.45, 2.75) is 51.4 Å². The van der Waals surface area contributed by atoms with Gasteiger partial charge < -0.3 is 40.0 Å². The number of nitrogens with one attached hydrogen (secondary N) is 1. The molecule has 2 radical (unpaired) electrons. The van der Waals surface area contributed by atoms with Gasteiger partial charge in [-0.05, 0) is 34.0 Å². The molecule has 1 amide bonds. The number of alkyl carbamates (subject to hydrolysis) is 1. The number of amides is 1. The molecule has 0 fully saturated rings. The van der Waals surface area contributed by atoms with E-state index in [0.29, 0.717) is 4.47 Å². The van der Waals surface area contributed by atoms with Gasteiger partial charge in [-0.25, -0.2) is 4.79 Å². The summed E-state index contributed by atoms with van der Waals surface area (Å²) in [5.74, 6) is -4.75. The third-order valence-corrected chi connectivity index (χ3v) is 5.28. The predicted octanol–water partition coefficient (Wildman–Crippen LogP) is 0.653.